The monoisotopic (exact) mass is 271 g/mol. The second kappa shape index (κ2) is 7.37. The minimum atomic E-state index is -0.272. The predicted octanol–water partition coefficient (Wildman–Crippen LogP) is 3.97. The lowest BCUT2D eigenvalue weighted by Crippen LogP contribution is -2.38. The quantitative estimate of drug-likeness (QED) is 0.712. The van der Waals surface area contributed by atoms with Crippen molar-refractivity contribution in [2.24, 2.45) is 5.92 Å². The van der Waals surface area contributed by atoms with E-state index in [4.69, 9.17) is 11.6 Å². The fourth-order valence-corrected chi connectivity index (χ4v) is 3.70. The summed E-state index contributed by atoms with van der Waals surface area (Å²) in [7, 11) is 0. The van der Waals surface area contributed by atoms with Crippen LogP contribution in [0.2, 0.25) is 0 Å². The number of likely N-dealkylation sites (tertiary alicyclic amines) is 1. The number of hydrogen-bond donors (Lipinski definition) is 0. The van der Waals surface area contributed by atoms with Gasteiger partial charge in [-0.2, -0.15) is 0 Å². The van der Waals surface area contributed by atoms with Crippen molar-refractivity contribution in [3.8, 4) is 0 Å². The number of carbonyl (C=O) groups is 1. The third-order valence-corrected chi connectivity index (χ3v) is 4.82. The van der Waals surface area contributed by atoms with Gasteiger partial charge in [-0.1, -0.05) is 44.9 Å². The zero-order chi connectivity index (χ0) is 12.8. The Morgan fingerprint density at radius 2 is 1.56 bits per heavy atom. The molecular formula is C15H26ClNO. The molecule has 18 heavy (non-hydrogen) atoms. The highest BCUT2D eigenvalue weighted by Gasteiger charge is 2.26. The summed E-state index contributed by atoms with van der Waals surface area (Å²) in [5.41, 5.74) is 0. The van der Waals surface area contributed by atoms with Crippen LogP contribution >= 0.6 is 11.6 Å². The zero-order valence-corrected chi connectivity index (χ0v) is 12.1. The minimum Gasteiger partial charge on any atom is -0.341 e. The Kier molecular flexibility index (Phi) is 5.81. The van der Waals surface area contributed by atoms with Crippen molar-refractivity contribution < 1.29 is 4.79 Å². The van der Waals surface area contributed by atoms with Crippen LogP contribution in [0.1, 0.15) is 64.2 Å². The number of halogens is 1. The van der Waals surface area contributed by atoms with E-state index in [1.807, 2.05) is 4.90 Å². The van der Waals surface area contributed by atoms with Crippen molar-refractivity contribution in [2.45, 2.75) is 69.6 Å². The second-order valence-electron chi connectivity index (χ2n) is 5.95. The Hall–Kier alpha value is -0.240. The summed E-state index contributed by atoms with van der Waals surface area (Å²) in [5.74, 6) is 0.890. The van der Waals surface area contributed by atoms with Crippen molar-refractivity contribution in [1.82, 2.24) is 4.90 Å². The normalized spacial score (nSPS) is 24.6. The summed E-state index contributed by atoms with van der Waals surface area (Å²) in [6.07, 6.45) is 12.3. The Bertz CT molecular complexity index is 255. The molecule has 1 saturated carbocycles. The van der Waals surface area contributed by atoms with Gasteiger partial charge in [0, 0.05) is 13.1 Å². The molecule has 0 radical (unpaired) electrons. The lowest BCUT2D eigenvalue weighted by molar-refractivity contribution is -0.131. The van der Waals surface area contributed by atoms with Crippen LogP contribution in [0.5, 0.6) is 0 Å². The van der Waals surface area contributed by atoms with E-state index in [1.165, 1.54) is 44.9 Å². The van der Waals surface area contributed by atoms with Crippen LogP contribution in [0, 0.1) is 5.92 Å². The highest BCUT2D eigenvalue weighted by molar-refractivity contribution is 6.30. The summed E-state index contributed by atoms with van der Waals surface area (Å²) < 4.78 is 0. The van der Waals surface area contributed by atoms with Gasteiger partial charge in [-0.15, -0.1) is 11.6 Å². The lowest BCUT2D eigenvalue weighted by atomic mass is 9.86. The van der Waals surface area contributed by atoms with Gasteiger partial charge in [0.1, 0.15) is 5.38 Å². The predicted molar refractivity (Wildman–Crippen MR) is 75.9 cm³/mol. The highest BCUT2D eigenvalue weighted by Crippen LogP contribution is 2.29. The van der Waals surface area contributed by atoms with E-state index in [-0.39, 0.29) is 11.3 Å². The molecule has 0 bridgehead atoms. The van der Waals surface area contributed by atoms with E-state index in [9.17, 15) is 4.79 Å². The number of alkyl halides is 1. The first kappa shape index (κ1) is 14.2. The summed E-state index contributed by atoms with van der Waals surface area (Å²) >= 11 is 6.36. The number of amides is 1. The molecule has 2 aliphatic rings. The molecule has 0 spiro atoms. The van der Waals surface area contributed by atoms with E-state index in [0.717, 1.165) is 32.4 Å². The summed E-state index contributed by atoms with van der Waals surface area (Å²) in [6.45, 7) is 1.85. The van der Waals surface area contributed by atoms with Crippen LogP contribution in [-0.2, 0) is 4.79 Å². The second-order valence-corrected chi connectivity index (χ2v) is 6.47. The molecule has 2 rings (SSSR count). The van der Waals surface area contributed by atoms with E-state index in [2.05, 4.69) is 0 Å². The van der Waals surface area contributed by atoms with Crippen molar-refractivity contribution in [3.05, 3.63) is 0 Å². The van der Waals surface area contributed by atoms with Gasteiger partial charge in [-0.3, -0.25) is 4.79 Å². The van der Waals surface area contributed by atoms with Gasteiger partial charge < -0.3 is 4.90 Å². The summed E-state index contributed by atoms with van der Waals surface area (Å²) in [4.78, 5) is 14.3. The molecule has 1 amide bonds. The number of hydrogen-bond acceptors (Lipinski definition) is 1. The third kappa shape index (κ3) is 4.15. The molecule has 2 nitrogen and oxygen atoms in total. The molecule has 1 atom stereocenters. The van der Waals surface area contributed by atoms with Crippen LogP contribution in [0.4, 0.5) is 0 Å². The van der Waals surface area contributed by atoms with E-state index in [1.54, 1.807) is 0 Å². The van der Waals surface area contributed by atoms with Crippen LogP contribution < -0.4 is 0 Å². The van der Waals surface area contributed by atoms with E-state index in [0.29, 0.717) is 5.92 Å². The van der Waals surface area contributed by atoms with Crippen LogP contribution in [-0.4, -0.2) is 29.3 Å². The third-order valence-electron chi connectivity index (χ3n) is 4.45. The average molecular weight is 272 g/mol. The lowest BCUT2D eigenvalue weighted by Gasteiger charge is -2.27. The molecule has 0 N–H and O–H groups in total. The van der Waals surface area contributed by atoms with Crippen molar-refractivity contribution in [3.63, 3.8) is 0 Å². The first-order valence-corrected chi connectivity index (χ1v) is 8.14. The van der Waals surface area contributed by atoms with Gasteiger partial charge in [0.2, 0.25) is 5.91 Å². The van der Waals surface area contributed by atoms with Crippen molar-refractivity contribution in [1.29, 1.82) is 0 Å². The largest absolute Gasteiger partial charge is 0.341 e. The molecular weight excluding hydrogens is 246 g/mol. The molecule has 1 unspecified atom stereocenters. The fraction of sp³-hybridized carbons (Fsp3) is 0.933. The topological polar surface area (TPSA) is 20.3 Å². The highest BCUT2D eigenvalue weighted by atomic mass is 35.5. The molecule has 1 saturated heterocycles. The molecule has 0 aromatic heterocycles. The van der Waals surface area contributed by atoms with Gasteiger partial charge in [0.15, 0.2) is 0 Å². The van der Waals surface area contributed by atoms with Crippen molar-refractivity contribution >= 4 is 17.5 Å². The standard InChI is InChI=1S/C15H26ClNO/c16-14(12-13-8-4-3-5-9-13)15(18)17-10-6-1-2-7-11-17/h13-14H,1-12H2. The molecule has 0 aromatic carbocycles. The molecule has 1 aliphatic heterocycles. The maximum absolute atomic E-state index is 12.3. The van der Waals surface area contributed by atoms with Gasteiger partial charge in [0.25, 0.3) is 0 Å². The molecule has 104 valence electrons. The van der Waals surface area contributed by atoms with Crippen LogP contribution in [0.3, 0.4) is 0 Å². The van der Waals surface area contributed by atoms with Crippen LogP contribution in [0.15, 0.2) is 0 Å². The van der Waals surface area contributed by atoms with Gasteiger partial charge in [-0.25, -0.2) is 0 Å². The Morgan fingerprint density at radius 1 is 1.00 bits per heavy atom. The Labute approximate surface area is 116 Å². The molecule has 1 heterocycles. The summed E-state index contributed by atoms with van der Waals surface area (Å²) in [5, 5.41) is -0.272. The number of carbonyl (C=O) groups excluding carboxylic acids is 1. The SMILES string of the molecule is O=C(C(Cl)CC1CCCCC1)N1CCCCCC1. The Balaban J connectivity index is 1.79. The Morgan fingerprint density at radius 3 is 2.17 bits per heavy atom. The molecule has 0 aromatic rings. The first-order valence-electron chi connectivity index (χ1n) is 7.70. The first-order chi connectivity index (χ1) is 8.77. The van der Waals surface area contributed by atoms with Gasteiger partial charge in [-0.05, 0) is 25.2 Å². The minimum absolute atomic E-state index is 0.198. The maximum atomic E-state index is 12.3. The molecule has 3 heteroatoms. The fourth-order valence-electron chi connectivity index (χ4n) is 3.31. The van der Waals surface area contributed by atoms with E-state index < -0.39 is 0 Å². The smallest absolute Gasteiger partial charge is 0.240 e. The van der Waals surface area contributed by atoms with Gasteiger partial charge >= 0.3 is 0 Å². The van der Waals surface area contributed by atoms with Crippen LogP contribution in [0.25, 0.3) is 0 Å². The molecule has 1 aliphatic carbocycles. The summed E-state index contributed by atoms with van der Waals surface area (Å²) in [6, 6.07) is 0. The number of nitrogens with zero attached hydrogens (tertiary/aromatic N) is 1. The number of rotatable bonds is 3. The van der Waals surface area contributed by atoms with E-state index >= 15 is 0 Å². The molecule has 2 fully saturated rings. The van der Waals surface area contributed by atoms with Crippen molar-refractivity contribution in [2.75, 3.05) is 13.1 Å². The van der Waals surface area contributed by atoms with Gasteiger partial charge in [0.05, 0.1) is 0 Å². The maximum Gasteiger partial charge on any atom is 0.240 e. The zero-order valence-electron chi connectivity index (χ0n) is 11.4. The average Bonchev–Trinajstić information content (AvgIpc) is 2.68.